The van der Waals surface area contributed by atoms with E-state index in [4.69, 9.17) is 5.84 Å². The first-order valence-electron chi connectivity index (χ1n) is 3.78. The summed E-state index contributed by atoms with van der Waals surface area (Å²) in [6.45, 7) is 0.754. The largest absolute Gasteiger partial charge is 0.268 e. The molecular weight excluding hydrogens is 164 g/mol. The minimum absolute atomic E-state index is 0.0961. The number of fused-ring (bicyclic) bond motifs is 2. The van der Waals surface area contributed by atoms with Crippen molar-refractivity contribution in [3.63, 3.8) is 0 Å². The summed E-state index contributed by atoms with van der Waals surface area (Å²) in [5.41, 5.74) is 0. The molecule has 0 aromatic heterocycles. The van der Waals surface area contributed by atoms with E-state index < -0.39 is 9.84 Å². The highest BCUT2D eigenvalue weighted by atomic mass is 32.2. The van der Waals surface area contributed by atoms with Crippen LogP contribution in [0.25, 0.3) is 0 Å². The van der Waals surface area contributed by atoms with Gasteiger partial charge in [-0.2, -0.15) is 0 Å². The highest BCUT2D eigenvalue weighted by Gasteiger charge is 2.40. The van der Waals surface area contributed by atoms with Crippen LogP contribution in [-0.2, 0) is 9.84 Å². The van der Waals surface area contributed by atoms with Crippen molar-refractivity contribution in [1.29, 1.82) is 0 Å². The molecule has 64 valence electrons. The molecule has 2 aliphatic heterocycles. The van der Waals surface area contributed by atoms with E-state index in [0.29, 0.717) is 11.7 Å². The number of rotatable bonds is 0. The smallest absolute Gasteiger partial charge is 0.152 e. The van der Waals surface area contributed by atoms with Gasteiger partial charge in [0.05, 0.1) is 11.5 Å². The summed E-state index contributed by atoms with van der Waals surface area (Å²) in [6, 6.07) is 0.0961. The molecule has 0 aromatic rings. The van der Waals surface area contributed by atoms with Gasteiger partial charge in [-0.05, 0) is 12.3 Å². The quantitative estimate of drug-likeness (QED) is 0.480. The molecule has 0 saturated carbocycles. The van der Waals surface area contributed by atoms with Crippen molar-refractivity contribution in [3.05, 3.63) is 0 Å². The van der Waals surface area contributed by atoms with Crippen LogP contribution in [0.2, 0.25) is 0 Å². The van der Waals surface area contributed by atoms with Crippen LogP contribution in [0.5, 0.6) is 0 Å². The predicted octanol–water partition coefficient (Wildman–Crippen LogP) is -1.02. The van der Waals surface area contributed by atoms with Crippen molar-refractivity contribution >= 4 is 9.84 Å². The first-order chi connectivity index (χ1) is 5.07. The zero-order valence-electron chi connectivity index (χ0n) is 6.23. The van der Waals surface area contributed by atoms with E-state index in [1.165, 1.54) is 0 Å². The maximum Gasteiger partial charge on any atom is 0.152 e. The van der Waals surface area contributed by atoms with Gasteiger partial charge >= 0.3 is 0 Å². The van der Waals surface area contributed by atoms with Gasteiger partial charge in [-0.15, -0.1) is 0 Å². The molecule has 2 atom stereocenters. The molecule has 2 unspecified atom stereocenters. The third kappa shape index (κ3) is 1.28. The SMILES string of the molecule is NN1CC2CC1CS(=O)(=O)C2. The van der Waals surface area contributed by atoms with E-state index in [0.717, 1.165) is 13.0 Å². The van der Waals surface area contributed by atoms with Gasteiger partial charge in [-0.1, -0.05) is 0 Å². The number of hydrogen-bond acceptors (Lipinski definition) is 4. The lowest BCUT2D eigenvalue weighted by Crippen LogP contribution is -2.39. The van der Waals surface area contributed by atoms with E-state index in [2.05, 4.69) is 0 Å². The van der Waals surface area contributed by atoms with Gasteiger partial charge in [0.25, 0.3) is 0 Å². The molecule has 0 radical (unpaired) electrons. The lowest BCUT2D eigenvalue weighted by Gasteiger charge is -2.19. The predicted molar refractivity (Wildman–Crippen MR) is 41.4 cm³/mol. The molecule has 2 bridgehead atoms. The molecule has 2 saturated heterocycles. The molecule has 0 aromatic carbocycles. The Kier molecular flexibility index (Phi) is 1.49. The molecule has 5 heteroatoms. The highest BCUT2D eigenvalue weighted by molar-refractivity contribution is 7.91. The fourth-order valence-corrected chi connectivity index (χ4v) is 4.06. The summed E-state index contributed by atoms with van der Waals surface area (Å²) in [5.74, 6) is 6.51. The minimum Gasteiger partial charge on any atom is -0.268 e. The Bertz CT molecular complexity index is 260. The third-order valence-corrected chi connectivity index (χ3v) is 4.35. The molecular formula is C6H12N2O2S. The van der Waals surface area contributed by atoms with E-state index in [1.54, 1.807) is 5.01 Å². The lowest BCUT2D eigenvalue weighted by molar-refractivity contribution is 0.279. The average molecular weight is 176 g/mol. The fourth-order valence-electron chi connectivity index (χ4n) is 2.05. The molecule has 2 fully saturated rings. The van der Waals surface area contributed by atoms with Crippen LogP contribution < -0.4 is 5.84 Å². The van der Waals surface area contributed by atoms with Crippen LogP contribution in [-0.4, -0.2) is 37.5 Å². The van der Waals surface area contributed by atoms with E-state index >= 15 is 0 Å². The van der Waals surface area contributed by atoms with Crippen molar-refractivity contribution in [2.75, 3.05) is 18.1 Å². The van der Waals surface area contributed by atoms with Gasteiger partial charge in [0.2, 0.25) is 0 Å². The lowest BCUT2D eigenvalue weighted by atomic mass is 10.1. The van der Waals surface area contributed by atoms with Crippen LogP contribution >= 0.6 is 0 Å². The van der Waals surface area contributed by atoms with Gasteiger partial charge in [-0.25, -0.2) is 13.4 Å². The molecule has 2 N–H and O–H groups in total. The summed E-state index contributed by atoms with van der Waals surface area (Å²) in [7, 11) is -2.77. The van der Waals surface area contributed by atoms with Gasteiger partial charge in [-0.3, -0.25) is 5.84 Å². The topological polar surface area (TPSA) is 63.4 Å². The van der Waals surface area contributed by atoms with Crippen molar-refractivity contribution < 1.29 is 8.42 Å². The summed E-state index contributed by atoms with van der Waals surface area (Å²) >= 11 is 0. The van der Waals surface area contributed by atoms with E-state index in [-0.39, 0.29) is 11.8 Å². The van der Waals surface area contributed by atoms with E-state index in [9.17, 15) is 8.42 Å². The Morgan fingerprint density at radius 1 is 1.36 bits per heavy atom. The summed E-state index contributed by atoms with van der Waals surface area (Å²) in [4.78, 5) is 0. The van der Waals surface area contributed by atoms with Gasteiger partial charge < -0.3 is 0 Å². The second kappa shape index (κ2) is 2.18. The number of hydrogen-bond donors (Lipinski definition) is 1. The zero-order chi connectivity index (χ0) is 8.06. The number of sulfone groups is 1. The van der Waals surface area contributed by atoms with Gasteiger partial charge in [0, 0.05) is 12.6 Å². The number of hydrazine groups is 1. The number of nitrogens with zero attached hydrogens (tertiary/aromatic N) is 1. The monoisotopic (exact) mass is 176 g/mol. The molecule has 2 heterocycles. The van der Waals surface area contributed by atoms with Crippen LogP contribution in [0.15, 0.2) is 0 Å². The van der Waals surface area contributed by atoms with Crippen LogP contribution in [0, 0.1) is 5.92 Å². The molecule has 0 amide bonds. The Balaban J connectivity index is 2.25. The zero-order valence-corrected chi connectivity index (χ0v) is 7.05. The third-order valence-electron chi connectivity index (χ3n) is 2.48. The number of nitrogens with two attached hydrogens (primary N) is 1. The Hall–Kier alpha value is -0.130. The Morgan fingerprint density at radius 2 is 2.09 bits per heavy atom. The maximum absolute atomic E-state index is 11.2. The first-order valence-corrected chi connectivity index (χ1v) is 5.61. The summed E-state index contributed by atoms with van der Waals surface area (Å²) < 4.78 is 22.3. The summed E-state index contributed by atoms with van der Waals surface area (Å²) in [6.07, 6.45) is 0.968. The highest BCUT2D eigenvalue weighted by Crippen LogP contribution is 2.28. The molecule has 0 spiro atoms. The minimum atomic E-state index is -2.77. The Morgan fingerprint density at radius 3 is 2.73 bits per heavy atom. The van der Waals surface area contributed by atoms with Crippen molar-refractivity contribution in [1.82, 2.24) is 5.01 Å². The first kappa shape index (κ1) is 7.52. The normalized spacial score (nSPS) is 42.6. The molecule has 0 aliphatic carbocycles. The van der Waals surface area contributed by atoms with Crippen LogP contribution in [0.1, 0.15) is 6.42 Å². The molecule has 2 aliphatic rings. The fraction of sp³-hybridized carbons (Fsp3) is 1.00. The van der Waals surface area contributed by atoms with Crippen molar-refractivity contribution in [2.45, 2.75) is 12.5 Å². The maximum atomic E-state index is 11.2. The van der Waals surface area contributed by atoms with E-state index in [1.807, 2.05) is 0 Å². The second-order valence-electron chi connectivity index (χ2n) is 3.53. The van der Waals surface area contributed by atoms with Gasteiger partial charge in [0.1, 0.15) is 0 Å². The van der Waals surface area contributed by atoms with Crippen molar-refractivity contribution in [2.24, 2.45) is 11.8 Å². The standard InChI is InChI=1S/C6H12N2O2S/c7-8-2-5-1-6(8)4-11(9,10)3-5/h5-6H,1-4,7H2. The van der Waals surface area contributed by atoms with Gasteiger partial charge in [0.15, 0.2) is 9.84 Å². The van der Waals surface area contributed by atoms with Crippen LogP contribution in [0.3, 0.4) is 0 Å². The molecule has 11 heavy (non-hydrogen) atoms. The van der Waals surface area contributed by atoms with Crippen molar-refractivity contribution in [3.8, 4) is 0 Å². The molecule has 2 rings (SSSR count). The van der Waals surface area contributed by atoms with Crippen LogP contribution in [0.4, 0.5) is 0 Å². The molecule has 4 nitrogen and oxygen atoms in total. The Labute approximate surface area is 66.2 Å². The average Bonchev–Trinajstić information content (AvgIpc) is 2.05. The second-order valence-corrected chi connectivity index (χ2v) is 5.68. The summed E-state index contributed by atoms with van der Waals surface area (Å²) in [5, 5.41) is 1.68.